The summed E-state index contributed by atoms with van der Waals surface area (Å²) >= 11 is 0. The maximum atomic E-state index is 10.8. The van der Waals surface area contributed by atoms with Gasteiger partial charge in [0.15, 0.2) is 6.10 Å². The van der Waals surface area contributed by atoms with Crippen LogP contribution in [0.2, 0.25) is 0 Å². The highest BCUT2D eigenvalue weighted by atomic mass is 16.6. The van der Waals surface area contributed by atoms with Crippen LogP contribution in [0, 0.1) is 5.92 Å². The van der Waals surface area contributed by atoms with Crippen LogP contribution in [0.1, 0.15) is 12.8 Å². The average molecular weight is 184 g/mol. The SMILES string of the molecule is NC1=NC(=O)OC1C1CCOCC1. The molecule has 5 nitrogen and oxygen atoms in total. The zero-order valence-corrected chi connectivity index (χ0v) is 7.23. The largest absolute Gasteiger partial charge is 0.436 e. The highest BCUT2D eigenvalue weighted by molar-refractivity contribution is 5.99. The minimum atomic E-state index is -0.561. The highest BCUT2D eigenvalue weighted by Crippen LogP contribution is 2.24. The maximum absolute atomic E-state index is 10.8. The Labute approximate surface area is 75.9 Å². The van der Waals surface area contributed by atoms with E-state index in [-0.39, 0.29) is 12.0 Å². The number of aliphatic imine (C=N–C) groups is 1. The van der Waals surface area contributed by atoms with Crippen molar-refractivity contribution in [2.45, 2.75) is 18.9 Å². The third-order valence-electron chi connectivity index (χ3n) is 2.43. The molecule has 13 heavy (non-hydrogen) atoms. The van der Waals surface area contributed by atoms with Gasteiger partial charge in [0.05, 0.1) is 0 Å². The van der Waals surface area contributed by atoms with E-state index in [9.17, 15) is 4.79 Å². The van der Waals surface area contributed by atoms with Crippen LogP contribution in [0.25, 0.3) is 0 Å². The van der Waals surface area contributed by atoms with E-state index < -0.39 is 6.09 Å². The van der Waals surface area contributed by atoms with Crippen LogP contribution >= 0.6 is 0 Å². The van der Waals surface area contributed by atoms with Crippen LogP contribution in [-0.2, 0) is 9.47 Å². The fourth-order valence-corrected chi connectivity index (χ4v) is 1.72. The van der Waals surface area contributed by atoms with Crippen molar-refractivity contribution in [2.24, 2.45) is 16.6 Å². The molecule has 0 aromatic heterocycles. The van der Waals surface area contributed by atoms with Crippen molar-refractivity contribution >= 4 is 11.9 Å². The monoisotopic (exact) mass is 184 g/mol. The van der Waals surface area contributed by atoms with E-state index in [2.05, 4.69) is 4.99 Å². The van der Waals surface area contributed by atoms with Gasteiger partial charge in [-0.3, -0.25) is 0 Å². The second-order valence-electron chi connectivity index (χ2n) is 3.29. The van der Waals surface area contributed by atoms with Crippen molar-refractivity contribution in [1.82, 2.24) is 0 Å². The quantitative estimate of drug-likeness (QED) is 0.635. The number of carbonyl (C=O) groups is 1. The molecule has 1 atom stereocenters. The zero-order valence-electron chi connectivity index (χ0n) is 7.23. The number of hydrogen-bond acceptors (Lipinski definition) is 4. The number of rotatable bonds is 1. The highest BCUT2D eigenvalue weighted by Gasteiger charge is 2.34. The Morgan fingerprint density at radius 2 is 2.08 bits per heavy atom. The Balaban J connectivity index is 2.00. The number of amidine groups is 1. The van der Waals surface area contributed by atoms with Gasteiger partial charge in [0.2, 0.25) is 0 Å². The lowest BCUT2D eigenvalue weighted by molar-refractivity contribution is 0.0274. The van der Waals surface area contributed by atoms with E-state index in [1.807, 2.05) is 0 Å². The molecule has 1 unspecified atom stereocenters. The molecule has 1 saturated heterocycles. The summed E-state index contributed by atoms with van der Waals surface area (Å²) in [5.74, 6) is 0.598. The predicted molar refractivity (Wildman–Crippen MR) is 45.4 cm³/mol. The van der Waals surface area contributed by atoms with E-state index in [1.165, 1.54) is 0 Å². The van der Waals surface area contributed by atoms with Gasteiger partial charge < -0.3 is 15.2 Å². The molecule has 1 fully saturated rings. The van der Waals surface area contributed by atoms with Gasteiger partial charge in [-0.2, -0.15) is 4.99 Å². The Morgan fingerprint density at radius 1 is 1.38 bits per heavy atom. The fourth-order valence-electron chi connectivity index (χ4n) is 1.72. The number of nitrogens with two attached hydrogens (primary N) is 1. The molecule has 0 radical (unpaired) electrons. The number of nitrogens with zero attached hydrogens (tertiary/aromatic N) is 1. The second-order valence-corrected chi connectivity index (χ2v) is 3.29. The Kier molecular flexibility index (Phi) is 2.18. The molecule has 0 spiro atoms. The summed E-state index contributed by atoms with van der Waals surface area (Å²) in [6.45, 7) is 1.43. The molecule has 0 bridgehead atoms. The molecule has 2 aliphatic rings. The van der Waals surface area contributed by atoms with Gasteiger partial charge >= 0.3 is 6.09 Å². The fraction of sp³-hybridized carbons (Fsp3) is 0.750. The summed E-state index contributed by atoms with van der Waals surface area (Å²) in [4.78, 5) is 14.3. The van der Waals surface area contributed by atoms with E-state index in [0.29, 0.717) is 19.0 Å². The first-order valence-corrected chi connectivity index (χ1v) is 4.40. The maximum Gasteiger partial charge on any atom is 0.436 e. The summed E-state index contributed by atoms with van der Waals surface area (Å²) in [5, 5.41) is 0. The molecule has 2 rings (SSSR count). The first kappa shape index (κ1) is 8.50. The van der Waals surface area contributed by atoms with Crippen LogP contribution in [0.5, 0.6) is 0 Å². The number of cyclic esters (lactones) is 1. The van der Waals surface area contributed by atoms with Crippen molar-refractivity contribution in [2.75, 3.05) is 13.2 Å². The first-order chi connectivity index (χ1) is 6.27. The summed E-state index contributed by atoms with van der Waals surface area (Å²) in [6, 6.07) is 0. The lowest BCUT2D eigenvalue weighted by Crippen LogP contribution is -2.37. The van der Waals surface area contributed by atoms with Gasteiger partial charge in [-0.25, -0.2) is 4.79 Å². The molecule has 72 valence electrons. The summed E-state index contributed by atoms with van der Waals surface area (Å²) in [5.41, 5.74) is 5.56. The Morgan fingerprint density at radius 3 is 2.62 bits per heavy atom. The molecular weight excluding hydrogens is 172 g/mol. The van der Waals surface area contributed by atoms with Crippen molar-refractivity contribution in [3.8, 4) is 0 Å². The van der Waals surface area contributed by atoms with Crippen LogP contribution in [0.15, 0.2) is 4.99 Å². The van der Waals surface area contributed by atoms with Crippen LogP contribution in [0.3, 0.4) is 0 Å². The summed E-state index contributed by atoms with van der Waals surface area (Å²) in [7, 11) is 0. The second kappa shape index (κ2) is 3.33. The van der Waals surface area contributed by atoms with E-state index in [4.69, 9.17) is 15.2 Å². The third-order valence-corrected chi connectivity index (χ3v) is 2.43. The minimum absolute atomic E-state index is 0.281. The number of hydrogen-bond donors (Lipinski definition) is 1. The lowest BCUT2D eigenvalue weighted by atomic mass is 9.93. The van der Waals surface area contributed by atoms with Crippen LogP contribution < -0.4 is 5.73 Å². The van der Waals surface area contributed by atoms with Gasteiger partial charge in [-0.1, -0.05) is 0 Å². The molecule has 1 amide bonds. The Bertz CT molecular complexity index is 246. The number of amides is 1. The third kappa shape index (κ3) is 1.65. The van der Waals surface area contributed by atoms with E-state index >= 15 is 0 Å². The lowest BCUT2D eigenvalue weighted by Gasteiger charge is -2.25. The van der Waals surface area contributed by atoms with Gasteiger partial charge in [-0.15, -0.1) is 0 Å². The number of carbonyl (C=O) groups excluding carboxylic acids is 1. The minimum Gasteiger partial charge on any atom is -0.436 e. The van der Waals surface area contributed by atoms with Gasteiger partial charge in [0, 0.05) is 19.1 Å². The van der Waals surface area contributed by atoms with Gasteiger partial charge in [-0.05, 0) is 12.8 Å². The predicted octanol–water partition coefficient (Wildman–Crippen LogP) is 0.289. The van der Waals surface area contributed by atoms with E-state index in [0.717, 1.165) is 12.8 Å². The molecule has 0 aromatic rings. The topological polar surface area (TPSA) is 73.9 Å². The molecule has 2 heterocycles. The van der Waals surface area contributed by atoms with Gasteiger partial charge in [0.25, 0.3) is 0 Å². The molecule has 0 aromatic carbocycles. The molecular formula is C8H12N2O3. The molecule has 0 saturated carbocycles. The smallest absolute Gasteiger partial charge is 0.436 e. The van der Waals surface area contributed by atoms with Gasteiger partial charge in [0.1, 0.15) is 5.84 Å². The number of ether oxygens (including phenoxy) is 2. The zero-order chi connectivity index (χ0) is 9.26. The van der Waals surface area contributed by atoms with Crippen molar-refractivity contribution in [3.05, 3.63) is 0 Å². The standard InChI is InChI=1S/C8H12N2O3/c9-7-6(13-8(11)10-7)5-1-3-12-4-2-5/h5-6H,1-4H2,(H2,9,10,11). The van der Waals surface area contributed by atoms with Crippen LogP contribution in [-0.4, -0.2) is 31.2 Å². The Hall–Kier alpha value is -1.10. The average Bonchev–Trinajstić information content (AvgIpc) is 2.47. The normalized spacial score (nSPS) is 30.0. The van der Waals surface area contributed by atoms with Crippen molar-refractivity contribution < 1.29 is 14.3 Å². The molecule has 2 aliphatic heterocycles. The first-order valence-electron chi connectivity index (χ1n) is 4.40. The summed E-state index contributed by atoms with van der Waals surface area (Å²) < 4.78 is 10.2. The van der Waals surface area contributed by atoms with Crippen LogP contribution in [0.4, 0.5) is 4.79 Å². The van der Waals surface area contributed by atoms with Crippen molar-refractivity contribution in [1.29, 1.82) is 0 Å². The summed E-state index contributed by atoms with van der Waals surface area (Å²) in [6.07, 6.45) is 0.896. The molecule has 5 heteroatoms. The van der Waals surface area contributed by atoms with E-state index in [1.54, 1.807) is 0 Å². The molecule has 0 aliphatic carbocycles. The molecule has 2 N–H and O–H groups in total. The van der Waals surface area contributed by atoms with Crippen molar-refractivity contribution in [3.63, 3.8) is 0 Å².